The Morgan fingerprint density at radius 2 is 2.07 bits per heavy atom. The molecule has 0 spiro atoms. The van der Waals surface area contributed by atoms with Crippen LogP contribution in [-0.4, -0.2) is 63.7 Å². The monoisotopic (exact) mass is 403 g/mol. The van der Waals surface area contributed by atoms with Crippen LogP contribution in [0.15, 0.2) is 36.9 Å². The van der Waals surface area contributed by atoms with Gasteiger partial charge in [-0.2, -0.15) is 0 Å². The summed E-state index contributed by atoms with van der Waals surface area (Å²) in [4.78, 5) is 14.6. The summed E-state index contributed by atoms with van der Waals surface area (Å²) >= 11 is 0. The van der Waals surface area contributed by atoms with Crippen LogP contribution in [0, 0.1) is 0 Å². The molecule has 0 saturated carbocycles. The fraction of sp³-hybridized carbons (Fsp3) is 0.421. The maximum absolute atomic E-state index is 14.0. The largest absolute Gasteiger partial charge is 0.363 e. The second-order valence-corrected chi connectivity index (χ2v) is 7.47. The average molecular weight is 403 g/mol. The zero-order chi connectivity index (χ0) is 20.0. The molecule has 0 radical (unpaired) electrons. The van der Waals surface area contributed by atoms with Crippen LogP contribution in [0.1, 0.15) is 6.42 Å². The second kappa shape index (κ2) is 6.87. The number of fused-ring (bicyclic) bond motifs is 1. The van der Waals surface area contributed by atoms with Gasteiger partial charge in [-0.15, -0.1) is 0 Å². The summed E-state index contributed by atoms with van der Waals surface area (Å²) in [5, 5.41) is 6.19. The molecule has 2 saturated heterocycles. The Hall–Kier alpha value is -2.88. The summed E-state index contributed by atoms with van der Waals surface area (Å²) in [7, 11) is 0. The van der Waals surface area contributed by atoms with Gasteiger partial charge in [0.25, 0.3) is 5.92 Å². The lowest BCUT2D eigenvalue weighted by atomic mass is 10.1. The van der Waals surface area contributed by atoms with Crippen molar-refractivity contribution >= 4 is 17.3 Å². The third-order valence-electron chi connectivity index (χ3n) is 5.42. The van der Waals surface area contributed by atoms with Crippen LogP contribution >= 0.6 is 0 Å². The number of rotatable bonds is 4. The van der Waals surface area contributed by atoms with Crippen molar-refractivity contribution in [3.05, 3.63) is 36.9 Å². The Morgan fingerprint density at radius 3 is 2.83 bits per heavy atom. The van der Waals surface area contributed by atoms with Crippen LogP contribution in [0.2, 0.25) is 0 Å². The molecular formula is C19H20F3N7. The zero-order valence-corrected chi connectivity index (χ0v) is 15.5. The first-order valence-corrected chi connectivity index (χ1v) is 9.53. The van der Waals surface area contributed by atoms with Gasteiger partial charge in [-0.1, -0.05) is 0 Å². The summed E-state index contributed by atoms with van der Waals surface area (Å²) < 4.78 is 43.1. The number of halogens is 3. The number of alkyl halides is 3. The van der Waals surface area contributed by atoms with Crippen LogP contribution in [0.4, 0.5) is 24.8 Å². The lowest BCUT2D eigenvalue weighted by molar-refractivity contribution is 0.0256. The van der Waals surface area contributed by atoms with E-state index >= 15 is 0 Å². The highest BCUT2D eigenvalue weighted by Crippen LogP contribution is 2.32. The minimum Gasteiger partial charge on any atom is -0.363 e. The van der Waals surface area contributed by atoms with E-state index in [1.807, 2.05) is 6.07 Å². The van der Waals surface area contributed by atoms with Gasteiger partial charge in [0, 0.05) is 37.8 Å². The van der Waals surface area contributed by atoms with Crippen molar-refractivity contribution in [2.24, 2.45) is 0 Å². The van der Waals surface area contributed by atoms with E-state index in [4.69, 9.17) is 0 Å². The minimum atomic E-state index is -2.70. The number of imidazole rings is 1. The molecule has 5 heterocycles. The van der Waals surface area contributed by atoms with Gasteiger partial charge in [0.05, 0.1) is 36.9 Å². The highest BCUT2D eigenvalue weighted by Gasteiger charge is 2.39. The molecule has 2 N–H and O–H groups in total. The van der Waals surface area contributed by atoms with Gasteiger partial charge < -0.3 is 15.5 Å². The molecule has 0 aliphatic carbocycles. The van der Waals surface area contributed by atoms with Gasteiger partial charge in [0.15, 0.2) is 5.65 Å². The maximum Gasteiger partial charge on any atom is 0.266 e. The third kappa shape index (κ3) is 3.37. The Kier molecular flexibility index (Phi) is 4.30. The van der Waals surface area contributed by atoms with E-state index in [0.717, 1.165) is 11.3 Å². The topological polar surface area (TPSA) is 70.4 Å². The molecule has 2 atom stereocenters. The second-order valence-electron chi connectivity index (χ2n) is 7.47. The fourth-order valence-corrected chi connectivity index (χ4v) is 3.86. The number of aromatic nitrogens is 4. The lowest BCUT2D eigenvalue weighted by Gasteiger charge is -2.18. The summed E-state index contributed by atoms with van der Waals surface area (Å²) in [6.07, 6.45) is 5.42. The standard InChI is InChI=1S/C19H20F3N7/c20-13-6-23-7-14(13)27-18-12(2-1-4-24-18)15-8-25-16-9-26-17(10-29(15)16)28-5-3-19(21,22)11-28/h1-2,4,8-10,13-14,23H,3,5-7,11H2,(H,24,27)/t13-,14-/m0/s1. The van der Waals surface area contributed by atoms with Gasteiger partial charge >= 0.3 is 0 Å². The first kappa shape index (κ1) is 18.2. The highest BCUT2D eigenvalue weighted by atomic mass is 19.3. The third-order valence-corrected chi connectivity index (χ3v) is 5.42. The molecule has 5 rings (SSSR count). The number of hydrogen-bond donors (Lipinski definition) is 2. The molecule has 2 aliphatic heterocycles. The summed E-state index contributed by atoms with van der Waals surface area (Å²) in [5.74, 6) is -1.68. The number of nitrogens with zero attached hydrogens (tertiary/aromatic N) is 5. The molecule has 2 aliphatic rings. The van der Waals surface area contributed by atoms with Gasteiger partial charge in [-0.25, -0.2) is 28.1 Å². The lowest BCUT2D eigenvalue weighted by Crippen LogP contribution is -2.30. The van der Waals surface area contributed by atoms with Crippen molar-refractivity contribution in [2.45, 2.75) is 24.6 Å². The van der Waals surface area contributed by atoms with Gasteiger partial charge in [0.2, 0.25) is 0 Å². The van der Waals surface area contributed by atoms with E-state index in [1.165, 1.54) is 0 Å². The van der Waals surface area contributed by atoms with Gasteiger partial charge in [0.1, 0.15) is 17.8 Å². The van der Waals surface area contributed by atoms with E-state index in [2.05, 4.69) is 25.6 Å². The number of hydrogen-bond acceptors (Lipinski definition) is 6. The van der Waals surface area contributed by atoms with Crippen molar-refractivity contribution in [1.82, 2.24) is 24.7 Å². The van der Waals surface area contributed by atoms with E-state index < -0.39 is 12.1 Å². The summed E-state index contributed by atoms with van der Waals surface area (Å²) in [6, 6.07) is 3.30. The fourth-order valence-electron chi connectivity index (χ4n) is 3.86. The average Bonchev–Trinajstić information content (AvgIpc) is 3.41. The van der Waals surface area contributed by atoms with Crippen LogP contribution < -0.4 is 15.5 Å². The normalized spacial score (nSPS) is 23.8. The molecule has 7 nitrogen and oxygen atoms in total. The van der Waals surface area contributed by atoms with Crippen molar-refractivity contribution < 1.29 is 13.2 Å². The van der Waals surface area contributed by atoms with E-state index in [-0.39, 0.29) is 25.6 Å². The van der Waals surface area contributed by atoms with E-state index in [9.17, 15) is 13.2 Å². The molecule has 3 aromatic heterocycles. The van der Waals surface area contributed by atoms with E-state index in [0.29, 0.717) is 30.4 Å². The summed E-state index contributed by atoms with van der Waals surface area (Å²) in [5.41, 5.74) is 2.07. The Bertz CT molecular complexity index is 1040. The van der Waals surface area contributed by atoms with Crippen molar-refractivity contribution in [3.8, 4) is 11.3 Å². The molecule has 152 valence electrons. The molecule has 0 bridgehead atoms. The van der Waals surface area contributed by atoms with Gasteiger partial charge in [-0.3, -0.25) is 4.40 Å². The minimum absolute atomic E-state index is 0.181. The molecule has 3 aromatic rings. The molecule has 0 aromatic carbocycles. The van der Waals surface area contributed by atoms with Crippen LogP contribution in [-0.2, 0) is 0 Å². The molecule has 0 amide bonds. The first-order chi connectivity index (χ1) is 14.0. The van der Waals surface area contributed by atoms with Crippen molar-refractivity contribution in [2.75, 3.05) is 36.4 Å². The Balaban J connectivity index is 1.52. The van der Waals surface area contributed by atoms with Crippen LogP contribution in [0.5, 0.6) is 0 Å². The van der Waals surface area contributed by atoms with Crippen LogP contribution in [0.3, 0.4) is 0 Å². The molecule has 10 heteroatoms. The Morgan fingerprint density at radius 1 is 1.17 bits per heavy atom. The predicted octanol–water partition coefficient (Wildman–Crippen LogP) is 2.36. The Labute approximate surface area is 165 Å². The molecule has 29 heavy (non-hydrogen) atoms. The first-order valence-electron chi connectivity index (χ1n) is 9.53. The maximum atomic E-state index is 14.0. The van der Waals surface area contributed by atoms with Gasteiger partial charge in [-0.05, 0) is 12.1 Å². The highest BCUT2D eigenvalue weighted by molar-refractivity contribution is 5.75. The molecule has 2 fully saturated rings. The predicted molar refractivity (Wildman–Crippen MR) is 103 cm³/mol. The van der Waals surface area contributed by atoms with E-state index in [1.54, 1.807) is 40.2 Å². The summed E-state index contributed by atoms with van der Waals surface area (Å²) in [6.45, 7) is 0.732. The number of nitrogens with one attached hydrogen (secondary N) is 2. The number of anilines is 2. The van der Waals surface area contributed by atoms with Crippen molar-refractivity contribution in [3.63, 3.8) is 0 Å². The molecular weight excluding hydrogens is 383 g/mol. The van der Waals surface area contributed by atoms with Crippen LogP contribution in [0.25, 0.3) is 16.9 Å². The smallest absolute Gasteiger partial charge is 0.266 e. The molecule has 0 unspecified atom stereocenters. The van der Waals surface area contributed by atoms with Crippen molar-refractivity contribution in [1.29, 1.82) is 0 Å². The number of pyridine rings is 1. The zero-order valence-electron chi connectivity index (χ0n) is 15.5. The quantitative estimate of drug-likeness (QED) is 0.697. The SMILES string of the molecule is F[C@H]1CNC[C@@H]1Nc1ncccc1-c1cnc2cnc(N3CCC(F)(F)C3)cn12.